The maximum absolute atomic E-state index is 5.60. The summed E-state index contributed by atoms with van der Waals surface area (Å²) >= 11 is 4.96. The Kier molecular flexibility index (Phi) is 3.69. The third-order valence-electron chi connectivity index (χ3n) is 4.58. The number of fused-ring (bicyclic) bond motifs is 1. The Bertz CT molecular complexity index is 455. The average Bonchev–Trinajstić information content (AvgIpc) is 2.47. The van der Waals surface area contributed by atoms with Gasteiger partial charge in [0.2, 0.25) is 0 Å². The maximum atomic E-state index is 5.60. The molecule has 0 amide bonds. The fourth-order valence-electron chi connectivity index (χ4n) is 3.65. The number of rotatable bonds is 2. The van der Waals surface area contributed by atoms with Crippen LogP contribution in [-0.4, -0.2) is 22.6 Å². The van der Waals surface area contributed by atoms with Crippen LogP contribution in [0.15, 0.2) is 18.3 Å². The Balaban J connectivity index is 1.81. The fourth-order valence-corrected chi connectivity index (χ4v) is 3.77. The first kappa shape index (κ1) is 12.9. The van der Waals surface area contributed by atoms with E-state index in [-0.39, 0.29) is 0 Å². The van der Waals surface area contributed by atoms with Gasteiger partial charge in [0.15, 0.2) is 0 Å². The summed E-state index contributed by atoms with van der Waals surface area (Å²) < 4.78 is 0. The van der Waals surface area contributed by atoms with Crippen LogP contribution in [0, 0.1) is 5.92 Å². The van der Waals surface area contributed by atoms with Crippen LogP contribution in [0.2, 0.25) is 0 Å². The van der Waals surface area contributed by atoms with Gasteiger partial charge in [-0.3, -0.25) is 4.98 Å². The SMILES string of the molecule is NC(=S)c1ccc(N2CCC[C@H]3CCCC[C@H]32)cn1. The zero-order valence-electron chi connectivity index (χ0n) is 11.2. The Morgan fingerprint density at radius 1 is 1.21 bits per heavy atom. The lowest BCUT2D eigenvalue weighted by atomic mass is 9.78. The van der Waals surface area contributed by atoms with Gasteiger partial charge in [-0.2, -0.15) is 0 Å². The number of pyridine rings is 1. The molecule has 0 spiro atoms. The molecule has 102 valence electrons. The zero-order valence-corrected chi connectivity index (χ0v) is 12.0. The molecular formula is C15H21N3S. The number of nitrogens with zero attached hydrogens (tertiary/aromatic N) is 2. The smallest absolute Gasteiger partial charge is 0.122 e. The number of thiocarbonyl (C=S) groups is 1. The standard InChI is InChI=1S/C15H21N3S/c16-15(19)13-8-7-12(10-17-13)18-9-3-5-11-4-1-2-6-14(11)18/h7-8,10-11,14H,1-6,9H2,(H2,16,19)/t11-,14-/m1/s1. The van der Waals surface area contributed by atoms with E-state index in [9.17, 15) is 0 Å². The Morgan fingerprint density at radius 2 is 2.00 bits per heavy atom. The molecule has 0 aromatic carbocycles. The molecule has 2 heterocycles. The number of hydrogen-bond acceptors (Lipinski definition) is 3. The van der Waals surface area contributed by atoms with E-state index in [0.717, 1.165) is 24.2 Å². The molecule has 1 saturated carbocycles. The van der Waals surface area contributed by atoms with E-state index in [1.54, 1.807) is 0 Å². The topological polar surface area (TPSA) is 42.1 Å². The second-order valence-electron chi connectivity index (χ2n) is 5.71. The second-order valence-corrected chi connectivity index (χ2v) is 6.15. The van der Waals surface area contributed by atoms with Crippen molar-refractivity contribution in [2.75, 3.05) is 11.4 Å². The van der Waals surface area contributed by atoms with Gasteiger partial charge < -0.3 is 10.6 Å². The highest BCUT2D eigenvalue weighted by Crippen LogP contribution is 2.37. The van der Waals surface area contributed by atoms with Crippen molar-refractivity contribution in [2.24, 2.45) is 11.7 Å². The zero-order chi connectivity index (χ0) is 13.2. The monoisotopic (exact) mass is 275 g/mol. The Hall–Kier alpha value is -1.16. The summed E-state index contributed by atoms with van der Waals surface area (Å²) in [4.78, 5) is 7.32. The van der Waals surface area contributed by atoms with Gasteiger partial charge in [0.25, 0.3) is 0 Å². The molecule has 1 aliphatic carbocycles. The van der Waals surface area contributed by atoms with Crippen molar-refractivity contribution in [3.63, 3.8) is 0 Å². The van der Waals surface area contributed by atoms with E-state index in [0.29, 0.717) is 4.99 Å². The summed E-state index contributed by atoms with van der Waals surface area (Å²) in [6, 6.07) is 4.79. The molecule has 19 heavy (non-hydrogen) atoms. The minimum Gasteiger partial charge on any atom is -0.388 e. The van der Waals surface area contributed by atoms with E-state index >= 15 is 0 Å². The van der Waals surface area contributed by atoms with Gasteiger partial charge in [-0.05, 0) is 43.7 Å². The van der Waals surface area contributed by atoms with Gasteiger partial charge in [-0.25, -0.2) is 0 Å². The van der Waals surface area contributed by atoms with Gasteiger partial charge in [-0.15, -0.1) is 0 Å². The van der Waals surface area contributed by atoms with Crippen LogP contribution in [-0.2, 0) is 0 Å². The molecule has 1 aliphatic heterocycles. The van der Waals surface area contributed by atoms with Crippen molar-refractivity contribution in [2.45, 2.75) is 44.6 Å². The van der Waals surface area contributed by atoms with Gasteiger partial charge >= 0.3 is 0 Å². The highest BCUT2D eigenvalue weighted by Gasteiger charge is 2.33. The molecule has 3 rings (SSSR count). The quantitative estimate of drug-likeness (QED) is 0.843. The number of piperidine rings is 1. The van der Waals surface area contributed by atoms with Crippen LogP contribution < -0.4 is 10.6 Å². The highest BCUT2D eigenvalue weighted by atomic mass is 32.1. The minimum atomic E-state index is 0.376. The second kappa shape index (κ2) is 5.45. The van der Waals surface area contributed by atoms with E-state index in [1.807, 2.05) is 12.3 Å². The molecule has 0 radical (unpaired) electrons. The van der Waals surface area contributed by atoms with Crippen LogP contribution in [0.5, 0.6) is 0 Å². The first-order chi connectivity index (χ1) is 9.25. The molecule has 3 nitrogen and oxygen atoms in total. The molecule has 0 bridgehead atoms. The third-order valence-corrected chi connectivity index (χ3v) is 4.78. The van der Waals surface area contributed by atoms with Gasteiger partial charge in [0.1, 0.15) is 4.99 Å². The van der Waals surface area contributed by atoms with Gasteiger partial charge in [0.05, 0.1) is 17.6 Å². The van der Waals surface area contributed by atoms with E-state index in [2.05, 4.69) is 16.0 Å². The highest BCUT2D eigenvalue weighted by molar-refractivity contribution is 7.80. The van der Waals surface area contributed by atoms with E-state index in [1.165, 1.54) is 44.2 Å². The van der Waals surface area contributed by atoms with Crippen LogP contribution in [0.1, 0.15) is 44.2 Å². The molecule has 2 N–H and O–H groups in total. The lowest BCUT2D eigenvalue weighted by molar-refractivity contribution is 0.243. The number of hydrogen-bond donors (Lipinski definition) is 1. The van der Waals surface area contributed by atoms with Crippen molar-refractivity contribution in [1.82, 2.24) is 4.98 Å². The summed E-state index contributed by atoms with van der Waals surface area (Å²) in [6.45, 7) is 1.16. The molecule has 4 heteroatoms. The van der Waals surface area contributed by atoms with E-state index in [4.69, 9.17) is 18.0 Å². The molecule has 1 aromatic heterocycles. The predicted octanol–water partition coefficient (Wildman–Crippen LogP) is 2.87. The van der Waals surface area contributed by atoms with Crippen molar-refractivity contribution in [1.29, 1.82) is 0 Å². The number of nitrogens with two attached hydrogens (primary N) is 1. The first-order valence-electron chi connectivity index (χ1n) is 7.28. The van der Waals surface area contributed by atoms with Crippen LogP contribution in [0.4, 0.5) is 5.69 Å². The lowest BCUT2D eigenvalue weighted by Gasteiger charge is -2.45. The third kappa shape index (κ3) is 2.59. The number of anilines is 1. The lowest BCUT2D eigenvalue weighted by Crippen LogP contribution is -2.47. The molecule has 2 fully saturated rings. The predicted molar refractivity (Wildman–Crippen MR) is 82.5 cm³/mol. The van der Waals surface area contributed by atoms with Crippen molar-refractivity contribution in [3.8, 4) is 0 Å². The van der Waals surface area contributed by atoms with Crippen LogP contribution in [0.25, 0.3) is 0 Å². The van der Waals surface area contributed by atoms with Crippen molar-refractivity contribution < 1.29 is 0 Å². The Labute approximate surface area is 120 Å². The summed E-state index contributed by atoms with van der Waals surface area (Å²) in [5, 5.41) is 0. The molecular weight excluding hydrogens is 254 g/mol. The molecule has 2 atom stereocenters. The van der Waals surface area contributed by atoms with Crippen LogP contribution >= 0.6 is 12.2 Å². The van der Waals surface area contributed by atoms with Gasteiger partial charge in [0, 0.05) is 12.6 Å². The maximum Gasteiger partial charge on any atom is 0.122 e. The molecule has 0 unspecified atom stereocenters. The van der Waals surface area contributed by atoms with Crippen LogP contribution in [0.3, 0.4) is 0 Å². The molecule has 1 saturated heterocycles. The Morgan fingerprint density at radius 3 is 2.74 bits per heavy atom. The average molecular weight is 275 g/mol. The fraction of sp³-hybridized carbons (Fsp3) is 0.600. The van der Waals surface area contributed by atoms with Gasteiger partial charge in [-0.1, -0.05) is 25.1 Å². The summed E-state index contributed by atoms with van der Waals surface area (Å²) in [5.41, 5.74) is 7.56. The molecule has 1 aromatic rings. The molecule has 2 aliphatic rings. The van der Waals surface area contributed by atoms with E-state index < -0.39 is 0 Å². The normalized spacial score (nSPS) is 26.8. The van der Waals surface area contributed by atoms with Crippen molar-refractivity contribution >= 4 is 22.9 Å². The number of aromatic nitrogens is 1. The largest absolute Gasteiger partial charge is 0.388 e. The summed E-state index contributed by atoms with van der Waals surface area (Å²) in [5.74, 6) is 0.887. The minimum absolute atomic E-state index is 0.376. The summed E-state index contributed by atoms with van der Waals surface area (Å²) in [6.07, 6.45) is 10.2. The summed E-state index contributed by atoms with van der Waals surface area (Å²) in [7, 11) is 0. The van der Waals surface area contributed by atoms with Crippen molar-refractivity contribution in [3.05, 3.63) is 24.0 Å². The first-order valence-corrected chi connectivity index (χ1v) is 7.69.